The molecule has 0 aliphatic rings. The number of carboxylic acids is 1. The molecular weight excluding hydrogens is 388 g/mol. The topological polar surface area (TPSA) is 137 Å². The predicted octanol–water partition coefficient (Wildman–Crippen LogP) is 1.36. The van der Waals surface area contributed by atoms with E-state index in [0.29, 0.717) is 6.42 Å². The minimum atomic E-state index is -1.14. The van der Waals surface area contributed by atoms with Crippen LogP contribution in [-0.4, -0.2) is 45.9 Å². The number of rotatable bonds is 9. The Balaban J connectivity index is 2.13. The molecule has 2 aromatic rings. The summed E-state index contributed by atoms with van der Waals surface area (Å²) in [4.78, 5) is 51.1. The number of carbonyl (C=O) groups excluding carboxylic acids is 3. The van der Waals surface area contributed by atoms with Gasteiger partial charge in [0.1, 0.15) is 11.9 Å². The molecular formula is C21H24N4O5. The fraction of sp³-hybridized carbons (Fsp3) is 0.286. The third-order valence-electron chi connectivity index (χ3n) is 4.17. The van der Waals surface area contributed by atoms with Crippen LogP contribution in [0.3, 0.4) is 0 Å². The number of hydrogen-bond acceptors (Lipinski definition) is 5. The van der Waals surface area contributed by atoms with Crippen LogP contribution in [-0.2, 0) is 20.8 Å². The van der Waals surface area contributed by atoms with Gasteiger partial charge in [0, 0.05) is 31.1 Å². The zero-order valence-corrected chi connectivity index (χ0v) is 16.7. The minimum absolute atomic E-state index is 0.0953. The van der Waals surface area contributed by atoms with E-state index in [4.69, 9.17) is 5.11 Å². The lowest BCUT2D eigenvalue weighted by molar-refractivity contribution is -0.141. The van der Waals surface area contributed by atoms with Crippen LogP contribution in [0.25, 0.3) is 0 Å². The van der Waals surface area contributed by atoms with Gasteiger partial charge in [0.2, 0.25) is 11.8 Å². The molecule has 0 unspecified atom stereocenters. The van der Waals surface area contributed by atoms with Crippen molar-refractivity contribution in [2.24, 2.45) is 0 Å². The van der Waals surface area contributed by atoms with Gasteiger partial charge in [0.05, 0.1) is 0 Å². The van der Waals surface area contributed by atoms with Crippen molar-refractivity contribution in [1.29, 1.82) is 0 Å². The molecule has 158 valence electrons. The van der Waals surface area contributed by atoms with Crippen molar-refractivity contribution in [2.45, 2.75) is 38.8 Å². The molecule has 1 aromatic heterocycles. The van der Waals surface area contributed by atoms with Crippen LogP contribution in [0, 0.1) is 0 Å². The fourth-order valence-electron chi connectivity index (χ4n) is 2.75. The van der Waals surface area contributed by atoms with Gasteiger partial charge in [-0.15, -0.1) is 0 Å². The molecule has 2 atom stereocenters. The van der Waals surface area contributed by atoms with Gasteiger partial charge in [-0.25, -0.2) is 4.98 Å². The Labute approximate surface area is 173 Å². The molecule has 0 bridgehead atoms. The number of carbonyl (C=O) groups is 4. The quantitative estimate of drug-likeness (QED) is 0.491. The maximum atomic E-state index is 12.7. The third kappa shape index (κ3) is 7.34. The first kappa shape index (κ1) is 22.5. The summed E-state index contributed by atoms with van der Waals surface area (Å²) in [5.41, 5.74) is 1.18. The predicted molar refractivity (Wildman–Crippen MR) is 110 cm³/mol. The number of aromatic nitrogens is 1. The monoisotopic (exact) mass is 412 g/mol. The van der Waals surface area contributed by atoms with Crippen molar-refractivity contribution >= 4 is 29.5 Å². The summed E-state index contributed by atoms with van der Waals surface area (Å²) < 4.78 is 0. The van der Waals surface area contributed by atoms with Crippen molar-refractivity contribution in [3.05, 3.63) is 59.8 Å². The zero-order valence-electron chi connectivity index (χ0n) is 16.7. The van der Waals surface area contributed by atoms with Crippen LogP contribution in [0.1, 0.15) is 36.2 Å². The third-order valence-corrected chi connectivity index (χ3v) is 4.17. The Morgan fingerprint density at radius 1 is 1.07 bits per heavy atom. The first-order valence-corrected chi connectivity index (χ1v) is 9.35. The smallest absolute Gasteiger partial charge is 0.325 e. The van der Waals surface area contributed by atoms with E-state index >= 15 is 0 Å². The Kier molecular flexibility index (Phi) is 8.04. The molecule has 0 spiro atoms. The molecule has 0 saturated carbocycles. The number of anilines is 1. The molecule has 1 heterocycles. The average molecular weight is 412 g/mol. The molecule has 3 amide bonds. The highest BCUT2D eigenvalue weighted by Crippen LogP contribution is 2.10. The van der Waals surface area contributed by atoms with E-state index in [1.165, 1.54) is 32.2 Å². The standard InChI is InChI=1S/C21H24N4O5/c1-13(21(29)30)23-19(27)12-17(10-15-6-4-3-5-7-15)25-20(28)16-8-9-22-18(11-16)24-14(2)26/h3-9,11,13,17H,10,12H2,1-2H3,(H,23,27)(H,25,28)(H,29,30)(H,22,24,26)/t13-,17-/m0/s1. The largest absolute Gasteiger partial charge is 0.480 e. The van der Waals surface area contributed by atoms with E-state index in [0.717, 1.165) is 5.56 Å². The molecule has 1 aromatic carbocycles. The van der Waals surface area contributed by atoms with Gasteiger partial charge in [-0.3, -0.25) is 19.2 Å². The molecule has 0 radical (unpaired) electrons. The average Bonchev–Trinajstić information content (AvgIpc) is 2.68. The number of hydrogen-bond donors (Lipinski definition) is 4. The molecule has 0 aliphatic heterocycles. The van der Waals surface area contributed by atoms with Gasteiger partial charge in [-0.1, -0.05) is 30.3 Å². The highest BCUT2D eigenvalue weighted by Gasteiger charge is 2.21. The zero-order chi connectivity index (χ0) is 22.1. The van der Waals surface area contributed by atoms with Crippen LogP contribution in [0.2, 0.25) is 0 Å². The Hall–Kier alpha value is -3.75. The summed E-state index contributed by atoms with van der Waals surface area (Å²) in [7, 11) is 0. The van der Waals surface area contributed by atoms with Crippen LogP contribution in [0.4, 0.5) is 5.82 Å². The Bertz CT molecular complexity index is 917. The highest BCUT2D eigenvalue weighted by atomic mass is 16.4. The van der Waals surface area contributed by atoms with Gasteiger partial charge >= 0.3 is 5.97 Å². The lowest BCUT2D eigenvalue weighted by Crippen LogP contribution is -2.44. The molecule has 2 rings (SSSR count). The van der Waals surface area contributed by atoms with E-state index in [2.05, 4.69) is 20.9 Å². The number of amides is 3. The first-order valence-electron chi connectivity index (χ1n) is 9.35. The van der Waals surface area contributed by atoms with E-state index < -0.39 is 29.9 Å². The summed E-state index contributed by atoms with van der Waals surface area (Å²) in [5.74, 6) is -2.15. The number of nitrogens with zero attached hydrogens (tertiary/aromatic N) is 1. The van der Waals surface area contributed by atoms with Crippen molar-refractivity contribution in [2.75, 3.05) is 5.32 Å². The van der Waals surface area contributed by atoms with Crippen molar-refractivity contribution in [3.63, 3.8) is 0 Å². The number of carboxylic acid groups (broad SMARTS) is 1. The lowest BCUT2D eigenvalue weighted by atomic mass is 10.0. The lowest BCUT2D eigenvalue weighted by Gasteiger charge is -2.20. The summed E-state index contributed by atoms with van der Waals surface area (Å²) >= 11 is 0. The molecule has 0 aliphatic carbocycles. The van der Waals surface area contributed by atoms with Crippen molar-refractivity contribution in [3.8, 4) is 0 Å². The second kappa shape index (κ2) is 10.7. The van der Waals surface area contributed by atoms with Crippen LogP contribution < -0.4 is 16.0 Å². The van der Waals surface area contributed by atoms with Gasteiger partial charge in [0.15, 0.2) is 0 Å². The molecule has 0 fully saturated rings. The van der Waals surface area contributed by atoms with Crippen molar-refractivity contribution < 1.29 is 24.3 Å². The first-order chi connectivity index (χ1) is 14.2. The SMILES string of the molecule is CC(=O)Nc1cc(C(=O)N[C@H](CC(=O)N[C@@H](C)C(=O)O)Cc2ccccc2)ccn1. The summed E-state index contributed by atoms with van der Waals surface area (Å²) in [6.07, 6.45) is 1.68. The molecule has 9 heteroatoms. The van der Waals surface area contributed by atoms with E-state index in [-0.39, 0.29) is 23.7 Å². The van der Waals surface area contributed by atoms with E-state index in [9.17, 15) is 19.2 Å². The molecule has 0 saturated heterocycles. The Morgan fingerprint density at radius 3 is 2.40 bits per heavy atom. The van der Waals surface area contributed by atoms with Gasteiger partial charge in [-0.2, -0.15) is 0 Å². The van der Waals surface area contributed by atoms with Gasteiger partial charge < -0.3 is 21.1 Å². The number of nitrogens with one attached hydrogen (secondary N) is 3. The van der Waals surface area contributed by atoms with Gasteiger partial charge in [0.25, 0.3) is 5.91 Å². The van der Waals surface area contributed by atoms with Crippen LogP contribution in [0.15, 0.2) is 48.7 Å². The normalized spacial score (nSPS) is 12.3. The number of benzene rings is 1. The van der Waals surface area contributed by atoms with Crippen LogP contribution >= 0.6 is 0 Å². The van der Waals surface area contributed by atoms with Crippen molar-refractivity contribution in [1.82, 2.24) is 15.6 Å². The van der Waals surface area contributed by atoms with Crippen LogP contribution in [0.5, 0.6) is 0 Å². The minimum Gasteiger partial charge on any atom is -0.480 e. The summed E-state index contributed by atoms with van der Waals surface area (Å²) in [5, 5.41) is 16.7. The second-order valence-electron chi connectivity index (χ2n) is 6.80. The summed E-state index contributed by atoms with van der Waals surface area (Å²) in [6, 6.07) is 10.6. The molecule has 30 heavy (non-hydrogen) atoms. The number of aliphatic carboxylic acids is 1. The second-order valence-corrected chi connectivity index (χ2v) is 6.80. The maximum absolute atomic E-state index is 12.7. The Morgan fingerprint density at radius 2 is 1.77 bits per heavy atom. The molecule has 4 N–H and O–H groups in total. The van der Waals surface area contributed by atoms with Gasteiger partial charge in [-0.05, 0) is 31.0 Å². The van der Waals surface area contributed by atoms with E-state index in [1.54, 1.807) is 0 Å². The fourth-order valence-corrected chi connectivity index (χ4v) is 2.75. The highest BCUT2D eigenvalue weighted by molar-refractivity contribution is 5.96. The van der Waals surface area contributed by atoms with E-state index in [1.807, 2.05) is 30.3 Å². The maximum Gasteiger partial charge on any atom is 0.325 e. The number of pyridine rings is 1. The summed E-state index contributed by atoms with van der Waals surface area (Å²) in [6.45, 7) is 2.70. The molecule has 9 nitrogen and oxygen atoms in total.